The Kier molecular flexibility index (Phi) is 3.85. The van der Waals surface area contributed by atoms with Crippen LogP contribution in [0.15, 0.2) is 30.3 Å². The van der Waals surface area contributed by atoms with Crippen LogP contribution in [0.2, 0.25) is 5.02 Å². The van der Waals surface area contributed by atoms with Crippen molar-refractivity contribution < 1.29 is 23.1 Å². The van der Waals surface area contributed by atoms with Crippen LogP contribution in [-0.2, 0) is 0 Å². The minimum atomic E-state index is -1.37. The smallest absolute Gasteiger partial charge is 0.259 e. The van der Waals surface area contributed by atoms with Gasteiger partial charge < -0.3 is 10.4 Å². The molecule has 0 aliphatic carbocycles. The van der Waals surface area contributed by atoms with Crippen LogP contribution in [0.3, 0.4) is 0 Å². The van der Waals surface area contributed by atoms with E-state index in [1.165, 1.54) is 12.1 Å². The zero-order valence-electron chi connectivity index (χ0n) is 9.75. The average Bonchev–Trinajstić information content (AvgIpc) is 2.35. The van der Waals surface area contributed by atoms with Gasteiger partial charge in [0, 0.05) is 17.2 Å². The van der Waals surface area contributed by atoms with Gasteiger partial charge in [-0.2, -0.15) is 0 Å². The summed E-state index contributed by atoms with van der Waals surface area (Å²) >= 11 is 5.60. The maximum absolute atomic E-state index is 13.4. The number of phenols is 1. The van der Waals surface area contributed by atoms with Gasteiger partial charge in [0.05, 0.1) is 11.3 Å². The number of nitrogens with one attached hydrogen (secondary N) is 1. The van der Waals surface area contributed by atoms with Gasteiger partial charge in [0.25, 0.3) is 5.91 Å². The lowest BCUT2D eigenvalue weighted by Gasteiger charge is -2.08. The number of carbonyl (C=O) groups is 1. The first kappa shape index (κ1) is 14.2. The number of hydrogen-bond acceptors (Lipinski definition) is 2. The number of aromatic hydroxyl groups is 1. The highest BCUT2D eigenvalue weighted by molar-refractivity contribution is 6.30. The molecule has 2 aromatic rings. The molecular weight excluding hydrogens is 295 g/mol. The molecule has 0 unspecified atom stereocenters. The molecule has 20 heavy (non-hydrogen) atoms. The average molecular weight is 302 g/mol. The molecule has 2 N–H and O–H groups in total. The highest BCUT2D eigenvalue weighted by Gasteiger charge is 2.16. The number of phenolic OH excluding ortho intramolecular Hbond substituents is 1. The van der Waals surface area contributed by atoms with Crippen molar-refractivity contribution in [1.82, 2.24) is 0 Å². The molecular formula is C13H7ClF3NO2. The first-order chi connectivity index (χ1) is 9.38. The number of hydrogen-bond donors (Lipinski definition) is 2. The van der Waals surface area contributed by atoms with Crippen LogP contribution < -0.4 is 5.32 Å². The van der Waals surface area contributed by atoms with E-state index in [1.807, 2.05) is 5.32 Å². The zero-order valence-corrected chi connectivity index (χ0v) is 10.5. The van der Waals surface area contributed by atoms with Crippen LogP contribution in [0, 0.1) is 17.5 Å². The van der Waals surface area contributed by atoms with E-state index >= 15 is 0 Å². The van der Waals surface area contributed by atoms with Gasteiger partial charge in [-0.15, -0.1) is 0 Å². The van der Waals surface area contributed by atoms with E-state index < -0.39 is 34.8 Å². The van der Waals surface area contributed by atoms with E-state index in [0.717, 1.165) is 6.07 Å². The lowest BCUT2D eigenvalue weighted by Crippen LogP contribution is -2.13. The Hall–Kier alpha value is -2.21. The van der Waals surface area contributed by atoms with Crippen molar-refractivity contribution in [2.45, 2.75) is 0 Å². The fourth-order valence-electron chi connectivity index (χ4n) is 1.50. The molecule has 0 saturated carbocycles. The number of anilines is 1. The quantitative estimate of drug-likeness (QED) is 0.831. The van der Waals surface area contributed by atoms with Crippen LogP contribution >= 0.6 is 11.6 Å². The molecule has 1 amide bonds. The number of rotatable bonds is 2. The Labute approximate surface area is 116 Å². The van der Waals surface area contributed by atoms with Gasteiger partial charge in [0.15, 0.2) is 11.6 Å². The Morgan fingerprint density at radius 2 is 1.70 bits per heavy atom. The second-order valence-electron chi connectivity index (χ2n) is 3.86. The molecule has 3 nitrogen and oxygen atoms in total. The summed E-state index contributed by atoms with van der Waals surface area (Å²) in [6, 6.07) is 4.50. The van der Waals surface area contributed by atoms with Crippen molar-refractivity contribution in [3.8, 4) is 5.75 Å². The predicted octanol–water partition coefficient (Wildman–Crippen LogP) is 3.72. The van der Waals surface area contributed by atoms with E-state index in [9.17, 15) is 23.1 Å². The second kappa shape index (κ2) is 5.42. The Morgan fingerprint density at radius 1 is 1.05 bits per heavy atom. The van der Waals surface area contributed by atoms with Crippen LogP contribution in [0.25, 0.3) is 0 Å². The zero-order chi connectivity index (χ0) is 14.9. The molecule has 0 aliphatic rings. The summed E-state index contributed by atoms with van der Waals surface area (Å²) in [5, 5.41) is 11.8. The van der Waals surface area contributed by atoms with Crippen LogP contribution in [0.5, 0.6) is 5.75 Å². The molecule has 0 atom stereocenters. The summed E-state index contributed by atoms with van der Waals surface area (Å²) in [6.45, 7) is 0. The first-order valence-electron chi connectivity index (χ1n) is 5.33. The largest absolute Gasteiger partial charge is 0.507 e. The molecule has 0 radical (unpaired) electrons. The summed E-state index contributed by atoms with van der Waals surface area (Å²) in [6.07, 6.45) is 0. The van der Waals surface area contributed by atoms with Gasteiger partial charge in [-0.3, -0.25) is 4.79 Å². The Morgan fingerprint density at radius 3 is 2.35 bits per heavy atom. The molecule has 7 heteroatoms. The second-order valence-corrected chi connectivity index (χ2v) is 4.30. The fraction of sp³-hybridized carbons (Fsp3) is 0. The highest BCUT2D eigenvalue weighted by Crippen LogP contribution is 2.24. The summed E-state index contributed by atoms with van der Waals surface area (Å²) < 4.78 is 39.1. The molecule has 0 spiro atoms. The molecule has 2 rings (SSSR count). The monoisotopic (exact) mass is 301 g/mol. The standard InChI is InChI=1S/C13H7ClF3NO2/c14-6-1-2-7(12(19)3-6)13(20)18-11-5-9(16)8(15)4-10(11)17/h1-5,19H,(H,18,20). The topological polar surface area (TPSA) is 49.3 Å². The van der Waals surface area contributed by atoms with Gasteiger partial charge in [0.1, 0.15) is 11.6 Å². The molecule has 0 aromatic heterocycles. The fourth-order valence-corrected chi connectivity index (χ4v) is 1.67. The summed E-state index contributed by atoms with van der Waals surface area (Å²) in [7, 11) is 0. The highest BCUT2D eigenvalue weighted by atomic mass is 35.5. The Bertz CT molecular complexity index is 692. The normalized spacial score (nSPS) is 10.4. The number of halogens is 4. The lowest BCUT2D eigenvalue weighted by atomic mass is 10.2. The van der Waals surface area contributed by atoms with Crippen molar-refractivity contribution >= 4 is 23.2 Å². The lowest BCUT2D eigenvalue weighted by molar-refractivity contribution is 0.102. The van der Waals surface area contributed by atoms with E-state index in [2.05, 4.69) is 0 Å². The predicted molar refractivity (Wildman–Crippen MR) is 67.4 cm³/mol. The van der Waals surface area contributed by atoms with Crippen molar-refractivity contribution in [2.24, 2.45) is 0 Å². The summed E-state index contributed by atoms with van der Waals surface area (Å²) in [4.78, 5) is 11.8. The van der Waals surface area contributed by atoms with Gasteiger partial charge >= 0.3 is 0 Å². The number of carbonyl (C=O) groups excluding carboxylic acids is 1. The van der Waals surface area contributed by atoms with Crippen molar-refractivity contribution in [3.05, 3.63) is 58.4 Å². The molecule has 0 aliphatic heterocycles. The number of benzene rings is 2. The molecule has 2 aromatic carbocycles. The molecule has 0 saturated heterocycles. The maximum Gasteiger partial charge on any atom is 0.259 e. The van der Waals surface area contributed by atoms with E-state index in [-0.39, 0.29) is 10.6 Å². The third kappa shape index (κ3) is 2.85. The molecule has 0 fully saturated rings. The Balaban J connectivity index is 2.30. The third-order valence-corrected chi connectivity index (χ3v) is 2.70. The summed E-state index contributed by atoms with van der Waals surface area (Å²) in [5.74, 6) is -5.11. The molecule has 0 bridgehead atoms. The van der Waals surface area contributed by atoms with Crippen molar-refractivity contribution in [1.29, 1.82) is 0 Å². The van der Waals surface area contributed by atoms with Crippen LogP contribution in [0.1, 0.15) is 10.4 Å². The van der Waals surface area contributed by atoms with Gasteiger partial charge in [0.2, 0.25) is 0 Å². The third-order valence-electron chi connectivity index (χ3n) is 2.46. The first-order valence-corrected chi connectivity index (χ1v) is 5.70. The summed E-state index contributed by atoms with van der Waals surface area (Å²) in [5.41, 5.74) is -0.721. The van der Waals surface area contributed by atoms with Crippen LogP contribution in [-0.4, -0.2) is 11.0 Å². The van der Waals surface area contributed by atoms with Crippen molar-refractivity contribution in [2.75, 3.05) is 5.32 Å². The molecule has 0 heterocycles. The minimum Gasteiger partial charge on any atom is -0.507 e. The van der Waals surface area contributed by atoms with Crippen molar-refractivity contribution in [3.63, 3.8) is 0 Å². The van der Waals surface area contributed by atoms with E-state index in [4.69, 9.17) is 11.6 Å². The number of amides is 1. The SMILES string of the molecule is O=C(Nc1cc(F)c(F)cc1F)c1ccc(Cl)cc1O. The molecule has 104 valence electrons. The van der Waals surface area contributed by atoms with Crippen LogP contribution in [0.4, 0.5) is 18.9 Å². The van der Waals surface area contributed by atoms with Gasteiger partial charge in [-0.1, -0.05) is 11.6 Å². The van der Waals surface area contributed by atoms with Gasteiger partial charge in [-0.25, -0.2) is 13.2 Å². The van der Waals surface area contributed by atoms with E-state index in [0.29, 0.717) is 12.1 Å². The van der Waals surface area contributed by atoms with E-state index in [1.54, 1.807) is 0 Å². The minimum absolute atomic E-state index is 0.182. The van der Waals surface area contributed by atoms with Gasteiger partial charge in [-0.05, 0) is 18.2 Å². The maximum atomic E-state index is 13.4.